The molecule has 1 N–H and O–H groups in total. The quantitative estimate of drug-likeness (QED) is 0.698. The Morgan fingerprint density at radius 1 is 1.31 bits per heavy atom. The molecule has 1 atom stereocenters. The highest BCUT2D eigenvalue weighted by Gasteiger charge is 2.08. The molecule has 1 rings (SSSR count). The lowest BCUT2D eigenvalue weighted by molar-refractivity contribution is 0.165. The maximum atomic E-state index is 9.58. The first-order valence-electron chi connectivity index (χ1n) is 4.24. The first kappa shape index (κ1) is 9.75. The molecule has 0 saturated heterocycles. The first-order valence-corrected chi connectivity index (χ1v) is 4.24. The summed E-state index contributed by atoms with van der Waals surface area (Å²) in [6.07, 6.45) is 5.10. The summed E-state index contributed by atoms with van der Waals surface area (Å²) in [6, 6.07) is 9.85. The molecule has 1 heteroatoms. The number of hydrogen-bond acceptors (Lipinski definition) is 1. The SMILES string of the molecule is C=CC(C)(O)/C=C/c1ccccc1. The molecule has 0 aliphatic heterocycles. The fraction of sp³-hybridized carbons (Fsp3) is 0.167. The second-order valence-corrected chi connectivity index (χ2v) is 3.17. The van der Waals surface area contributed by atoms with E-state index in [0.717, 1.165) is 5.56 Å². The van der Waals surface area contributed by atoms with Gasteiger partial charge in [-0.1, -0.05) is 49.1 Å². The molecule has 0 radical (unpaired) electrons. The van der Waals surface area contributed by atoms with Crippen LogP contribution < -0.4 is 0 Å². The van der Waals surface area contributed by atoms with Crippen molar-refractivity contribution in [3.63, 3.8) is 0 Å². The lowest BCUT2D eigenvalue weighted by Gasteiger charge is -2.11. The van der Waals surface area contributed by atoms with E-state index in [2.05, 4.69) is 6.58 Å². The van der Waals surface area contributed by atoms with Crippen LogP contribution in [0.5, 0.6) is 0 Å². The van der Waals surface area contributed by atoms with E-state index in [4.69, 9.17) is 0 Å². The van der Waals surface area contributed by atoms with E-state index in [9.17, 15) is 5.11 Å². The standard InChI is InChI=1S/C12H14O/c1-3-12(2,13)10-9-11-7-5-4-6-8-11/h3-10,13H,1H2,2H3/b10-9+. The summed E-state index contributed by atoms with van der Waals surface area (Å²) < 4.78 is 0. The summed E-state index contributed by atoms with van der Waals surface area (Å²) in [4.78, 5) is 0. The molecule has 1 aromatic rings. The van der Waals surface area contributed by atoms with Gasteiger partial charge in [-0.25, -0.2) is 0 Å². The van der Waals surface area contributed by atoms with Gasteiger partial charge in [-0.15, -0.1) is 0 Å². The van der Waals surface area contributed by atoms with Gasteiger partial charge in [-0.05, 0) is 18.6 Å². The zero-order valence-corrected chi connectivity index (χ0v) is 7.77. The van der Waals surface area contributed by atoms with Crippen molar-refractivity contribution in [3.8, 4) is 0 Å². The average Bonchev–Trinajstić information content (AvgIpc) is 2.17. The van der Waals surface area contributed by atoms with Gasteiger partial charge in [0.25, 0.3) is 0 Å². The van der Waals surface area contributed by atoms with E-state index in [-0.39, 0.29) is 0 Å². The summed E-state index contributed by atoms with van der Waals surface area (Å²) >= 11 is 0. The Labute approximate surface area is 79.0 Å². The molecule has 1 unspecified atom stereocenters. The Kier molecular flexibility index (Phi) is 3.04. The summed E-state index contributed by atoms with van der Waals surface area (Å²) in [5, 5.41) is 9.58. The molecule has 1 nitrogen and oxygen atoms in total. The van der Waals surface area contributed by atoms with Crippen LogP contribution in [0, 0.1) is 0 Å². The summed E-state index contributed by atoms with van der Waals surface area (Å²) in [5.41, 5.74) is 0.153. The van der Waals surface area contributed by atoms with Gasteiger partial charge in [0.2, 0.25) is 0 Å². The normalized spacial score (nSPS) is 15.5. The van der Waals surface area contributed by atoms with Crippen molar-refractivity contribution in [2.45, 2.75) is 12.5 Å². The summed E-state index contributed by atoms with van der Waals surface area (Å²) in [6.45, 7) is 5.24. The van der Waals surface area contributed by atoms with Gasteiger partial charge in [0, 0.05) is 0 Å². The minimum Gasteiger partial charge on any atom is -0.382 e. The zero-order valence-electron chi connectivity index (χ0n) is 7.77. The molecular formula is C12H14O. The predicted molar refractivity (Wildman–Crippen MR) is 56.3 cm³/mol. The van der Waals surface area contributed by atoms with E-state index in [1.54, 1.807) is 13.0 Å². The molecule has 0 fully saturated rings. The van der Waals surface area contributed by atoms with Crippen molar-refractivity contribution in [1.29, 1.82) is 0 Å². The van der Waals surface area contributed by atoms with Gasteiger partial charge >= 0.3 is 0 Å². The third-order valence-electron chi connectivity index (χ3n) is 1.83. The maximum absolute atomic E-state index is 9.58. The van der Waals surface area contributed by atoms with Gasteiger partial charge in [-0.2, -0.15) is 0 Å². The van der Waals surface area contributed by atoms with E-state index >= 15 is 0 Å². The van der Waals surface area contributed by atoms with Crippen LogP contribution in [0.2, 0.25) is 0 Å². The van der Waals surface area contributed by atoms with Crippen molar-refractivity contribution in [3.05, 3.63) is 54.6 Å². The first-order chi connectivity index (χ1) is 6.14. The fourth-order valence-electron chi connectivity index (χ4n) is 0.897. The Balaban J connectivity index is 2.75. The third-order valence-corrected chi connectivity index (χ3v) is 1.83. The van der Waals surface area contributed by atoms with Crippen molar-refractivity contribution in [2.24, 2.45) is 0 Å². The molecule has 0 aliphatic carbocycles. The Hall–Kier alpha value is -1.34. The largest absolute Gasteiger partial charge is 0.382 e. The molecule has 0 spiro atoms. The molecule has 13 heavy (non-hydrogen) atoms. The zero-order chi connectivity index (χ0) is 9.73. The highest BCUT2D eigenvalue weighted by molar-refractivity contribution is 5.50. The average molecular weight is 174 g/mol. The number of rotatable bonds is 3. The second kappa shape index (κ2) is 4.06. The molecular weight excluding hydrogens is 160 g/mol. The lowest BCUT2D eigenvalue weighted by atomic mass is 10.1. The summed E-state index contributed by atoms with van der Waals surface area (Å²) in [5.74, 6) is 0. The molecule has 0 aliphatic rings. The minimum atomic E-state index is -0.921. The fourth-order valence-corrected chi connectivity index (χ4v) is 0.897. The molecule has 0 bridgehead atoms. The Bertz CT molecular complexity index is 296. The van der Waals surface area contributed by atoms with Crippen LogP contribution in [-0.2, 0) is 0 Å². The lowest BCUT2D eigenvalue weighted by Crippen LogP contribution is -2.15. The Morgan fingerprint density at radius 3 is 2.46 bits per heavy atom. The van der Waals surface area contributed by atoms with Gasteiger partial charge in [0.15, 0.2) is 0 Å². The van der Waals surface area contributed by atoms with E-state index in [0.29, 0.717) is 0 Å². The highest BCUT2D eigenvalue weighted by atomic mass is 16.3. The van der Waals surface area contributed by atoms with Gasteiger partial charge in [-0.3, -0.25) is 0 Å². The van der Waals surface area contributed by atoms with Crippen molar-refractivity contribution in [2.75, 3.05) is 0 Å². The van der Waals surface area contributed by atoms with Crippen molar-refractivity contribution in [1.82, 2.24) is 0 Å². The van der Waals surface area contributed by atoms with Crippen LogP contribution >= 0.6 is 0 Å². The molecule has 0 amide bonds. The van der Waals surface area contributed by atoms with Crippen LogP contribution in [0.25, 0.3) is 6.08 Å². The van der Waals surface area contributed by atoms with Crippen molar-refractivity contribution < 1.29 is 5.11 Å². The number of benzene rings is 1. The van der Waals surface area contributed by atoms with Gasteiger partial charge < -0.3 is 5.11 Å². The van der Waals surface area contributed by atoms with E-state index < -0.39 is 5.60 Å². The van der Waals surface area contributed by atoms with Crippen LogP contribution in [0.15, 0.2) is 49.1 Å². The van der Waals surface area contributed by atoms with Crippen LogP contribution in [0.1, 0.15) is 12.5 Å². The van der Waals surface area contributed by atoms with Gasteiger partial charge in [0.05, 0.1) is 5.60 Å². The predicted octanol–water partition coefficient (Wildman–Crippen LogP) is 2.64. The molecule has 0 saturated carbocycles. The van der Waals surface area contributed by atoms with Gasteiger partial charge in [0.1, 0.15) is 0 Å². The minimum absolute atomic E-state index is 0.921. The smallest absolute Gasteiger partial charge is 0.0981 e. The van der Waals surface area contributed by atoms with Crippen LogP contribution in [0.3, 0.4) is 0 Å². The third kappa shape index (κ3) is 3.26. The van der Waals surface area contributed by atoms with Crippen LogP contribution in [0.4, 0.5) is 0 Å². The monoisotopic (exact) mass is 174 g/mol. The van der Waals surface area contributed by atoms with E-state index in [1.807, 2.05) is 36.4 Å². The van der Waals surface area contributed by atoms with Crippen LogP contribution in [-0.4, -0.2) is 10.7 Å². The van der Waals surface area contributed by atoms with E-state index in [1.165, 1.54) is 6.08 Å². The second-order valence-electron chi connectivity index (χ2n) is 3.17. The highest BCUT2D eigenvalue weighted by Crippen LogP contribution is 2.09. The molecule has 68 valence electrons. The summed E-state index contributed by atoms with van der Waals surface area (Å²) in [7, 11) is 0. The maximum Gasteiger partial charge on any atom is 0.0981 e. The topological polar surface area (TPSA) is 20.2 Å². The molecule has 1 aromatic carbocycles. The van der Waals surface area contributed by atoms with Crippen molar-refractivity contribution >= 4 is 6.08 Å². The Morgan fingerprint density at radius 2 is 1.92 bits per heavy atom. The number of hydrogen-bond donors (Lipinski definition) is 1. The molecule has 0 heterocycles. The molecule has 0 aromatic heterocycles. The number of aliphatic hydroxyl groups is 1.